The molecule has 184 valence electrons. The van der Waals surface area contributed by atoms with Crippen molar-refractivity contribution in [1.29, 1.82) is 0 Å². The van der Waals surface area contributed by atoms with Gasteiger partial charge in [0, 0.05) is 24.7 Å². The third kappa shape index (κ3) is 7.09. The SMILES string of the molecule is CC[C@@H](C)NC(=O)[C@H](C)N(Cc1cccc(OC)c1)C(=O)COc1ccc([N+](=O)[O-])c(OC)c1. The molecule has 0 aromatic heterocycles. The number of methoxy groups -OCH3 is 2. The zero-order valence-electron chi connectivity index (χ0n) is 20.1. The highest BCUT2D eigenvalue weighted by Crippen LogP contribution is 2.30. The predicted octanol–water partition coefficient (Wildman–Crippen LogP) is 3.32. The molecule has 0 radical (unpaired) electrons. The van der Waals surface area contributed by atoms with E-state index in [4.69, 9.17) is 14.2 Å². The van der Waals surface area contributed by atoms with Gasteiger partial charge in [-0.3, -0.25) is 19.7 Å². The summed E-state index contributed by atoms with van der Waals surface area (Å²) in [5, 5.41) is 14.0. The summed E-state index contributed by atoms with van der Waals surface area (Å²) < 4.78 is 15.9. The molecule has 0 saturated carbocycles. The fourth-order valence-corrected chi connectivity index (χ4v) is 3.14. The van der Waals surface area contributed by atoms with E-state index in [1.807, 2.05) is 19.9 Å². The van der Waals surface area contributed by atoms with Gasteiger partial charge in [-0.1, -0.05) is 19.1 Å². The average molecular weight is 474 g/mol. The number of amides is 2. The molecule has 0 fully saturated rings. The summed E-state index contributed by atoms with van der Waals surface area (Å²) in [4.78, 5) is 37.9. The van der Waals surface area contributed by atoms with E-state index in [0.29, 0.717) is 5.75 Å². The lowest BCUT2D eigenvalue weighted by molar-refractivity contribution is -0.385. The monoisotopic (exact) mass is 473 g/mol. The van der Waals surface area contributed by atoms with E-state index in [-0.39, 0.29) is 42.3 Å². The Balaban J connectivity index is 2.22. The molecule has 10 heteroatoms. The first-order valence-electron chi connectivity index (χ1n) is 10.9. The Labute approximate surface area is 198 Å². The van der Waals surface area contributed by atoms with Crippen molar-refractivity contribution in [3.05, 3.63) is 58.1 Å². The molecule has 0 unspecified atom stereocenters. The summed E-state index contributed by atoms with van der Waals surface area (Å²) in [5.74, 6) is 0.184. The molecule has 1 N–H and O–H groups in total. The Morgan fingerprint density at radius 2 is 1.82 bits per heavy atom. The van der Waals surface area contributed by atoms with Gasteiger partial charge in [0.1, 0.15) is 17.5 Å². The van der Waals surface area contributed by atoms with Crippen molar-refractivity contribution in [2.24, 2.45) is 0 Å². The van der Waals surface area contributed by atoms with Gasteiger partial charge in [-0.2, -0.15) is 0 Å². The summed E-state index contributed by atoms with van der Waals surface area (Å²) in [6.07, 6.45) is 0.757. The topological polar surface area (TPSA) is 120 Å². The van der Waals surface area contributed by atoms with Crippen molar-refractivity contribution < 1.29 is 28.7 Å². The first-order valence-corrected chi connectivity index (χ1v) is 10.9. The molecule has 2 amide bonds. The van der Waals surface area contributed by atoms with Crippen LogP contribution in [0.2, 0.25) is 0 Å². The smallest absolute Gasteiger partial charge is 0.311 e. The minimum Gasteiger partial charge on any atom is -0.497 e. The number of hydrogen-bond donors (Lipinski definition) is 1. The molecule has 0 bridgehead atoms. The minimum atomic E-state index is -0.761. The zero-order chi connectivity index (χ0) is 25.3. The molecule has 0 aliphatic heterocycles. The summed E-state index contributed by atoms with van der Waals surface area (Å²) >= 11 is 0. The quantitative estimate of drug-likeness (QED) is 0.371. The number of hydrogen-bond acceptors (Lipinski definition) is 7. The second-order valence-corrected chi connectivity index (χ2v) is 7.75. The van der Waals surface area contributed by atoms with Crippen molar-refractivity contribution in [3.63, 3.8) is 0 Å². The van der Waals surface area contributed by atoms with Crippen molar-refractivity contribution in [2.75, 3.05) is 20.8 Å². The molecule has 0 aliphatic carbocycles. The third-order valence-corrected chi connectivity index (χ3v) is 5.37. The first kappa shape index (κ1) is 26.4. The van der Waals surface area contributed by atoms with Gasteiger partial charge in [-0.05, 0) is 44.0 Å². The maximum absolute atomic E-state index is 13.2. The van der Waals surface area contributed by atoms with E-state index < -0.39 is 16.9 Å². The van der Waals surface area contributed by atoms with Gasteiger partial charge in [-0.25, -0.2) is 0 Å². The maximum atomic E-state index is 13.2. The number of ether oxygens (including phenoxy) is 3. The molecule has 0 saturated heterocycles. The van der Waals surface area contributed by atoms with Crippen molar-refractivity contribution >= 4 is 17.5 Å². The lowest BCUT2D eigenvalue weighted by Crippen LogP contribution is -2.50. The van der Waals surface area contributed by atoms with Gasteiger partial charge >= 0.3 is 5.69 Å². The van der Waals surface area contributed by atoms with Crippen molar-refractivity contribution in [2.45, 2.75) is 45.8 Å². The van der Waals surface area contributed by atoms with E-state index in [0.717, 1.165) is 12.0 Å². The van der Waals surface area contributed by atoms with E-state index in [9.17, 15) is 19.7 Å². The zero-order valence-corrected chi connectivity index (χ0v) is 20.1. The van der Waals surface area contributed by atoms with Gasteiger partial charge in [0.25, 0.3) is 5.91 Å². The number of nitro groups is 1. The van der Waals surface area contributed by atoms with E-state index in [1.165, 1.54) is 30.2 Å². The lowest BCUT2D eigenvalue weighted by Gasteiger charge is -2.29. The van der Waals surface area contributed by atoms with E-state index >= 15 is 0 Å². The molecule has 34 heavy (non-hydrogen) atoms. The van der Waals surface area contributed by atoms with Crippen LogP contribution in [0.25, 0.3) is 0 Å². The highest BCUT2D eigenvalue weighted by atomic mass is 16.6. The van der Waals surface area contributed by atoms with E-state index in [2.05, 4.69) is 5.32 Å². The lowest BCUT2D eigenvalue weighted by atomic mass is 10.1. The van der Waals surface area contributed by atoms with Crippen LogP contribution in [-0.4, -0.2) is 54.5 Å². The Kier molecular flexibility index (Phi) is 9.66. The molecule has 0 heterocycles. The fraction of sp³-hybridized carbons (Fsp3) is 0.417. The van der Waals surface area contributed by atoms with Gasteiger partial charge < -0.3 is 24.4 Å². The van der Waals surface area contributed by atoms with Gasteiger partial charge in [0.2, 0.25) is 11.7 Å². The van der Waals surface area contributed by atoms with Crippen LogP contribution in [0.15, 0.2) is 42.5 Å². The molecule has 2 atom stereocenters. The van der Waals surface area contributed by atoms with Crippen LogP contribution < -0.4 is 19.5 Å². The number of nitro benzene ring substituents is 1. The highest BCUT2D eigenvalue weighted by Gasteiger charge is 2.27. The standard InChI is InChI=1S/C24H31N3O7/c1-6-16(2)25-24(29)17(3)26(14-18-8-7-9-19(12-18)32-4)23(28)15-34-20-10-11-21(27(30)31)22(13-20)33-5/h7-13,16-17H,6,14-15H2,1-5H3,(H,25,29)/t16-,17+/m1/s1. The number of nitrogens with zero attached hydrogens (tertiary/aromatic N) is 2. The number of rotatable bonds is 12. The summed E-state index contributed by atoms with van der Waals surface area (Å²) in [6.45, 7) is 5.31. The summed E-state index contributed by atoms with van der Waals surface area (Å²) in [5.41, 5.74) is 0.573. The average Bonchev–Trinajstić information content (AvgIpc) is 2.84. The molecule has 0 spiro atoms. The normalized spacial score (nSPS) is 12.3. The molecule has 2 aromatic rings. The van der Waals surface area contributed by atoms with Gasteiger partial charge in [0.05, 0.1) is 19.1 Å². The molecular formula is C24H31N3O7. The van der Waals surface area contributed by atoms with Crippen LogP contribution in [0.1, 0.15) is 32.8 Å². The van der Waals surface area contributed by atoms with Crippen LogP contribution in [0.5, 0.6) is 17.2 Å². The largest absolute Gasteiger partial charge is 0.497 e. The van der Waals surface area contributed by atoms with Crippen LogP contribution in [-0.2, 0) is 16.1 Å². The Morgan fingerprint density at radius 3 is 2.44 bits per heavy atom. The van der Waals surface area contributed by atoms with Crippen LogP contribution in [0.3, 0.4) is 0 Å². The summed E-state index contributed by atoms with van der Waals surface area (Å²) in [6, 6.07) is 10.4. The predicted molar refractivity (Wildman–Crippen MR) is 126 cm³/mol. The number of benzene rings is 2. The van der Waals surface area contributed by atoms with Crippen LogP contribution in [0, 0.1) is 10.1 Å². The van der Waals surface area contributed by atoms with E-state index in [1.54, 1.807) is 32.2 Å². The van der Waals surface area contributed by atoms with Gasteiger partial charge in [-0.15, -0.1) is 0 Å². The second kappa shape index (κ2) is 12.4. The molecule has 2 aromatic carbocycles. The second-order valence-electron chi connectivity index (χ2n) is 7.75. The molecule has 10 nitrogen and oxygen atoms in total. The maximum Gasteiger partial charge on any atom is 0.311 e. The Hall–Kier alpha value is -3.82. The molecule has 0 aliphatic rings. The summed E-state index contributed by atoms with van der Waals surface area (Å²) in [7, 11) is 2.86. The van der Waals surface area contributed by atoms with Crippen molar-refractivity contribution in [3.8, 4) is 17.2 Å². The fourth-order valence-electron chi connectivity index (χ4n) is 3.14. The first-order chi connectivity index (χ1) is 16.2. The Morgan fingerprint density at radius 1 is 1.09 bits per heavy atom. The molecular weight excluding hydrogens is 442 g/mol. The van der Waals surface area contributed by atoms with Gasteiger partial charge in [0.15, 0.2) is 6.61 Å². The third-order valence-electron chi connectivity index (χ3n) is 5.37. The van der Waals surface area contributed by atoms with Crippen LogP contribution >= 0.6 is 0 Å². The highest BCUT2D eigenvalue weighted by molar-refractivity contribution is 5.88. The van der Waals surface area contributed by atoms with Crippen LogP contribution in [0.4, 0.5) is 5.69 Å². The Bertz CT molecular complexity index is 1010. The minimum absolute atomic E-state index is 0.0180. The molecule has 2 rings (SSSR count). The number of carbonyl (C=O) groups excluding carboxylic acids is 2. The van der Waals surface area contributed by atoms with Crippen molar-refractivity contribution in [1.82, 2.24) is 10.2 Å². The number of carbonyl (C=O) groups is 2. The number of nitrogens with one attached hydrogen (secondary N) is 1.